The molecule has 0 radical (unpaired) electrons. The predicted octanol–water partition coefficient (Wildman–Crippen LogP) is 3.37. The Labute approximate surface area is 83.6 Å². The molecule has 1 nitrogen and oxygen atoms in total. The van der Waals surface area contributed by atoms with E-state index >= 15 is 0 Å². The van der Waals surface area contributed by atoms with E-state index in [9.17, 15) is 0 Å². The maximum absolute atomic E-state index is 4.16. The highest BCUT2D eigenvalue weighted by atomic mass is 14.9. The number of hydrogen-bond acceptors (Lipinski definition) is 1. The minimum Gasteiger partial charge on any atom is -0.311 e. The van der Waals surface area contributed by atoms with E-state index in [0.717, 1.165) is 12.3 Å². The summed E-state index contributed by atoms with van der Waals surface area (Å²) in [4.78, 5) is 0. The largest absolute Gasteiger partial charge is 0.311 e. The molecule has 0 aliphatic heterocycles. The van der Waals surface area contributed by atoms with Gasteiger partial charge >= 0.3 is 0 Å². The van der Waals surface area contributed by atoms with Crippen molar-refractivity contribution >= 4 is 0 Å². The molecule has 13 heavy (non-hydrogen) atoms. The van der Waals surface area contributed by atoms with E-state index in [0.29, 0.717) is 0 Å². The Hall–Kier alpha value is -0.300. The summed E-state index contributed by atoms with van der Waals surface area (Å²) in [5, 5.41) is 3.29. The summed E-state index contributed by atoms with van der Waals surface area (Å²) in [7, 11) is 2.00. The summed E-state index contributed by atoms with van der Waals surface area (Å²) in [5.41, 5.74) is 1.40. The van der Waals surface area contributed by atoms with Gasteiger partial charge in [-0.3, -0.25) is 0 Å². The Kier molecular flexibility index (Phi) is 5.31. The van der Waals surface area contributed by atoms with Gasteiger partial charge < -0.3 is 5.32 Å². The van der Waals surface area contributed by atoms with E-state index in [2.05, 4.69) is 39.6 Å². The molecule has 0 aliphatic rings. The zero-order chi connectivity index (χ0) is 10.5. The van der Waals surface area contributed by atoms with Crippen molar-refractivity contribution in [1.82, 2.24) is 5.32 Å². The summed E-state index contributed by atoms with van der Waals surface area (Å²) >= 11 is 0. The molecule has 0 aliphatic carbocycles. The second-order valence-electron chi connectivity index (χ2n) is 4.58. The van der Waals surface area contributed by atoms with E-state index in [-0.39, 0.29) is 5.54 Å². The predicted molar refractivity (Wildman–Crippen MR) is 61.0 cm³/mol. The van der Waals surface area contributed by atoms with Crippen molar-refractivity contribution in [3.8, 4) is 0 Å². The molecule has 0 saturated carbocycles. The lowest BCUT2D eigenvalue weighted by molar-refractivity contribution is 0.433. The molecule has 0 spiro atoms. The van der Waals surface area contributed by atoms with E-state index in [4.69, 9.17) is 0 Å². The van der Waals surface area contributed by atoms with Crippen LogP contribution in [-0.4, -0.2) is 12.6 Å². The van der Waals surface area contributed by atoms with E-state index in [1.807, 2.05) is 7.05 Å². The standard InChI is InChI=1S/C12H25N/c1-7-8-10(2)9-11(3)12(4,5)13-6/h10,13H,3,7-9H2,1-2,4-6H3. The normalized spacial score (nSPS) is 14.2. The molecule has 0 aromatic rings. The Morgan fingerprint density at radius 2 is 2.00 bits per heavy atom. The van der Waals surface area contributed by atoms with Gasteiger partial charge in [-0.15, -0.1) is 0 Å². The summed E-state index contributed by atoms with van der Waals surface area (Å²) in [5.74, 6) is 0.769. The molecule has 0 rings (SSSR count). The smallest absolute Gasteiger partial charge is 0.0331 e. The third-order valence-electron chi connectivity index (χ3n) is 2.89. The topological polar surface area (TPSA) is 12.0 Å². The molecule has 0 saturated heterocycles. The minimum absolute atomic E-state index is 0.0853. The van der Waals surface area contributed by atoms with Crippen molar-refractivity contribution in [3.05, 3.63) is 12.2 Å². The van der Waals surface area contributed by atoms with Crippen LogP contribution in [0.15, 0.2) is 12.2 Å². The average molecular weight is 183 g/mol. The molecule has 1 heteroatoms. The minimum atomic E-state index is 0.0853. The molecular weight excluding hydrogens is 158 g/mol. The van der Waals surface area contributed by atoms with Crippen LogP contribution in [0, 0.1) is 5.92 Å². The summed E-state index contributed by atoms with van der Waals surface area (Å²) in [6.07, 6.45) is 3.72. The fourth-order valence-electron chi connectivity index (χ4n) is 1.45. The van der Waals surface area contributed by atoms with Crippen LogP contribution < -0.4 is 5.32 Å². The van der Waals surface area contributed by atoms with Crippen molar-refractivity contribution < 1.29 is 0 Å². The van der Waals surface area contributed by atoms with Crippen molar-refractivity contribution in [2.24, 2.45) is 5.92 Å². The second-order valence-corrected chi connectivity index (χ2v) is 4.58. The van der Waals surface area contributed by atoms with Crippen LogP contribution in [0.4, 0.5) is 0 Å². The van der Waals surface area contributed by atoms with E-state index in [1.54, 1.807) is 0 Å². The van der Waals surface area contributed by atoms with Crippen LogP contribution in [-0.2, 0) is 0 Å². The summed E-state index contributed by atoms with van der Waals surface area (Å²) < 4.78 is 0. The van der Waals surface area contributed by atoms with Gasteiger partial charge in [-0.2, -0.15) is 0 Å². The van der Waals surface area contributed by atoms with Crippen molar-refractivity contribution in [2.45, 2.75) is 52.5 Å². The van der Waals surface area contributed by atoms with Crippen LogP contribution in [0.3, 0.4) is 0 Å². The van der Waals surface area contributed by atoms with Crippen molar-refractivity contribution in [3.63, 3.8) is 0 Å². The van der Waals surface area contributed by atoms with Gasteiger partial charge in [0.15, 0.2) is 0 Å². The molecule has 0 fully saturated rings. The second kappa shape index (κ2) is 5.43. The highest BCUT2D eigenvalue weighted by Gasteiger charge is 2.19. The van der Waals surface area contributed by atoms with Gasteiger partial charge in [-0.25, -0.2) is 0 Å². The molecule has 1 N–H and O–H groups in total. The highest BCUT2D eigenvalue weighted by molar-refractivity contribution is 5.12. The number of rotatable bonds is 6. The Morgan fingerprint density at radius 3 is 2.38 bits per heavy atom. The molecule has 0 aromatic heterocycles. The van der Waals surface area contributed by atoms with Crippen LogP contribution in [0.5, 0.6) is 0 Å². The SMILES string of the molecule is C=C(CC(C)CCC)C(C)(C)NC. The molecule has 0 aromatic carbocycles. The lowest BCUT2D eigenvalue weighted by atomic mass is 9.87. The van der Waals surface area contributed by atoms with Crippen LogP contribution in [0.1, 0.15) is 47.0 Å². The van der Waals surface area contributed by atoms with Gasteiger partial charge in [0.25, 0.3) is 0 Å². The first kappa shape index (κ1) is 12.7. The third kappa shape index (κ3) is 4.47. The van der Waals surface area contributed by atoms with Gasteiger partial charge in [0, 0.05) is 5.54 Å². The Balaban J connectivity index is 3.99. The first-order valence-electron chi connectivity index (χ1n) is 5.31. The fourth-order valence-corrected chi connectivity index (χ4v) is 1.45. The molecule has 1 atom stereocenters. The summed E-state index contributed by atoms with van der Waals surface area (Å²) in [6.45, 7) is 13.1. The molecular formula is C12H25N. The van der Waals surface area contributed by atoms with Gasteiger partial charge in [-0.05, 0) is 33.2 Å². The first-order valence-corrected chi connectivity index (χ1v) is 5.31. The number of hydrogen-bond donors (Lipinski definition) is 1. The maximum atomic E-state index is 4.16. The Morgan fingerprint density at radius 1 is 1.46 bits per heavy atom. The third-order valence-corrected chi connectivity index (χ3v) is 2.89. The fraction of sp³-hybridized carbons (Fsp3) is 0.833. The zero-order valence-electron chi connectivity index (χ0n) is 9.91. The van der Waals surface area contributed by atoms with Crippen molar-refractivity contribution in [2.75, 3.05) is 7.05 Å². The van der Waals surface area contributed by atoms with Crippen LogP contribution in [0.25, 0.3) is 0 Å². The molecule has 0 amide bonds. The van der Waals surface area contributed by atoms with Gasteiger partial charge in [0.05, 0.1) is 0 Å². The highest BCUT2D eigenvalue weighted by Crippen LogP contribution is 2.23. The number of likely N-dealkylation sites (N-methyl/N-ethyl adjacent to an activating group) is 1. The summed E-state index contributed by atoms with van der Waals surface area (Å²) in [6, 6.07) is 0. The van der Waals surface area contributed by atoms with Gasteiger partial charge in [0.1, 0.15) is 0 Å². The average Bonchev–Trinajstić information content (AvgIpc) is 2.04. The lowest BCUT2D eigenvalue weighted by Gasteiger charge is -2.28. The monoisotopic (exact) mass is 183 g/mol. The van der Waals surface area contributed by atoms with E-state index in [1.165, 1.54) is 18.4 Å². The van der Waals surface area contributed by atoms with Crippen molar-refractivity contribution in [1.29, 1.82) is 0 Å². The van der Waals surface area contributed by atoms with Gasteiger partial charge in [-0.1, -0.05) is 38.8 Å². The maximum Gasteiger partial charge on any atom is 0.0331 e. The molecule has 0 heterocycles. The molecule has 0 bridgehead atoms. The first-order chi connectivity index (χ1) is 5.94. The lowest BCUT2D eigenvalue weighted by Crippen LogP contribution is -2.38. The van der Waals surface area contributed by atoms with Gasteiger partial charge in [0.2, 0.25) is 0 Å². The number of nitrogens with one attached hydrogen (secondary N) is 1. The molecule has 1 unspecified atom stereocenters. The molecule has 78 valence electrons. The Bertz CT molecular complexity index is 159. The zero-order valence-corrected chi connectivity index (χ0v) is 9.91. The van der Waals surface area contributed by atoms with Crippen LogP contribution >= 0.6 is 0 Å². The quantitative estimate of drug-likeness (QED) is 0.623. The van der Waals surface area contributed by atoms with E-state index < -0.39 is 0 Å². The van der Waals surface area contributed by atoms with Crippen LogP contribution in [0.2, 0.25) is 0 Å².